The number of hydrogen-bond acceptors (Lipinski definition) is 2. The second kappa shape index (κ2) is 4.22. The topological polar surface area (TPSA) is 43.1 Å². The first-order valence-electron chi connectivity index (χ1n) is 4.84. The molecule has 0 atom stereocenters. The molecule has 14 heavy (non-hydrogen) atoms. The minimum atomic E-state index is -0.270. The van der Waals surface area contributed by atoms with Gasteiger partial charge in [0.2, 0.25) is 0 Å². The van der Waals surface area contributed by atoms with Gasteiger partial charge in [0.15, 0.2) is 0 Å². The fourth-order valence-electron chi connectivity index (χ4n) is 1.59. The zero-order chi connectivity index (χ0) is 10.7. The predicted octanol–water partition coefficient (Wildman–Crippen LogP) is 3.28. The van der Waals surface area contributed by atoms with Crippen LogP contribution >= 0.6 is 0 Å². The molecule has 0 aliphatic carbocycles. The lowest BCUT2D eigenvalue weighted by Crippen LogP contribution is -2.01. The van der Waals surface area contributed by atoms with Crippen molar-refractivity contribution in [3.05, 3.63) is 39.4 Å². The Morgan fingerprint density at radius 3 is 2.50 bits per heavy atom. The van der Waals surface area contributed by atoms with Gasteiger partial charge in [-0.1, -0.05) is 39.0 Å². The van der Waals surface area contributed by atoms with Crippen LogP contribution in [0.4, 0.5) is 5.69 Å². The molecule has 0 saturated heterocycles. The number of aryl methyl sites for hydroxylation is 1. The maximum absolute atomic E-state index is 10.9. The van der Waals surface area contributed by atoms with Crippen LogP contribution in [0.25, 0.3) is 0 Å². The second-order valence-corrected chi connectivity index (χ2v) is 3.62. The largest absolute Gasteiger partial charge is 0.275 e. The van der Waals surface area contributed by atoms with Crippen molar-refractivity contribution in [3.8, 4) is 0 Å². The Hall–Kier alpha value is -1.38. The lowest BCUT2D eigenvalue weighted by molar-refractivity contribution is -0.386. The van der Waals surface area contributed by atoms with Crippen molar-refractivity contribution in [2.75, 3.05) is 0 Å². The molecule has 76 valence electrons. The van der Waals surface area contributed by atoms with E-state index in [1.807, 2.05) is 39.0 Å². The number of hydrogen-bond donors (Lipinski definition) is 0. The van der Waals surface area contributed by atoms with Crippen molar-refractivity contribution in [2.24, 2.45) is 0 Å². The van der Waals surface area contributed by atoms with Crippen molar-refractivity contribution >= 4 is 5.69 Å². The van der Waals surface area contributed by atoms with E-state index in [0.717, 1.165) is 11.1 Å². The maximum Gasteiger partial charge on any atom is 0.275 e. The highest BCUT2D eigenvalue weighted by Gasteiger charge is 2.19. The van der Waals surface area contributed by atoms with Crippen molar-refractivity contribution in [3.63, 3.8) is 0 Å². The Labute approximate surface area is 83.9 Å². The van der Waals surface area contributed by atoms with E-state index in [9.17, 15) is 10.1 Å². The summed E-state index contributed by atoms with van der Waals surface area (Å²) >= 11 is 0. The summed E-state index contributed by atoms with van der Waals surface area (Å²) in [5.41, 5.74) is 1.94. The molecule has 0 heterocycles. The Morgan fingerprint density at radius 1 is 1.43 bits per heavy atom. The van der Waals surface area contributed by atoms with Gasteiger partial charge in [0, 0.05) is 11.1 Å². The van der Waals surface area contributed by atoms with Crippen LogP contribution in [0.1, 0.15) is 37.8 Å². The van der Waals surface area contributed by atoms with Crippen LogP contribution in [0, 0.1) is 10.1 Å². The third kappa shape index (κ3) is 1.92. The van der Waals surface area contributed by atoms with E-state index in [1.54, 1.807) is 0 Å². The van der Waals surface area contributed by atoms with Crippen molar-refractivity contribution in [1.29, 1.82) is 0 Å². The summed E-state index contributed by atoms with van der Waals surface area (Å²) in [6.45, 7) is 5.88. The zero-order valence-electron chi connectivity index (χ0n) is 8.78. The van der Waals surface area contributed by atoms with Gasteiger partial charge in [-0.2, -0.15) is 0 Å². The summed E-state index contributed by atoms with van der Waals surface area (Å²) in [6.07, 6.45) is 0.705. The molecule has 0 aliphatic heterocycles. The van der Waals surface area contributed by atoms with E-state index in [1.165, 1.54) is 0 Å². The minimum absolute atomic E-state index is 0.196. The van der Waals surface area contributed by atoms with Crippen LogP contribution in [0.3, 0.4) is 0 Å². The molecular formula is C11H15NO2. The van der Waals surface area contributed by atoms with E-state index in [4.69, 9.17) is 0 Å². The number of benzene rings is 1. The molecule has 0 N–H and O–H groups in total. The van der Waals surface area contributed by atoms with Crippen LogP contribution in [-0.2, 0) is 6.42 Å². The van der Waals surface area contributed by atoms with Crippen molar-refractivity contribution < 1.29 is 4.92 Å². The van der Waals surface area contributed by atoms with Crippen molar-refractivity contribution in [1.82, 2.24) is 0 Å². The minimum Gasteiger partial charge on any atom is -0.258 e. The maximum atomic E-state index is 10.9. The number of nitro benzene ring substituents is 1. The molecule has 0 spiro atoms. The van der Waals surface area contributed by atoms with Crippen LogP contribution in [0.15, 0.2) is 18.2 Å². The van der Waals surface area contributed by atoms with Gasteiger partial charge in [-0.15, -0.1) is 0 Å². The molecule has 0 radical (unpaired) electrons. The molecular weight excluding hydrogens is 178 g/mol. The predicted molar refractivity (Wildman–Crippen MR) is 56.6 cm³/mol. The normalized spacial score (nSPS) is 10.6. The van der Waals surface area contributed by atoms with Gasteiger partial charge in [-0.05, 0) is 12.3 Å². The van der Waals surface area contributed by atoms with Gasteiger partial charge >= 0.3 is 0 Å². The lowest BCUT2D eigenvalue weighted by atomic mass is 9.97. The highest BCUT2D eigenvalue weighted by molar-refractivity contribution is 5.49. The molecule has 0 saturated carbocycles. The first-order valence-corrected chi connectivity index (χ1v) is 4.84. The number of rotatable bonds is 3. The average Bonchev–Trinajstić information content (AvgIpc) is 2.16. The van der Waals surface area contributed by atoms with Gasteiger partial charge < -0.3 is 0 Å². The SMILES string of the molecule is CCc1cccc(C(C)C)c1[N+](=O)[O-]. The summed E-state index contributed by atoms with van der Waals surface area (Å²) in [5.74, 6) is 0.196. The quantitative estimate of drug-likeness (QED) is 0.546. The summed E-state index contributed by atoms with van der Waals surface area (Å²) in [6, 6.07) is 5.55. The van der Waals surface area contributed by atoms with Crippen molar-refractivity contribution in [2.45, 2.75) is 33.1 Å². The molecule has 0 bridgehead atoms. The molecule has 0 unspecified atom stereocenters. The first kappa shape index (κ1) is 10.7. The molecule has 3 nitrogen and oxygen atoms in total. The van der Waals surface area contributed by atoms with Crippen LogP contribution in [0.2, 0.25) is 0 Å². The second-order valence-electron chi connectivity index (χ2n) is 3.62. The fraction of sp³-hybridized carbons (Fsp3) is 0.455. The third-order valence-corrected chi connectivity index (χ3v) is 2.34. The molecule has 0 fully saturated rings. The highest BCUT2D eigenvalue weighted by atomic mass is 16.6. The standard InChI is InChI=1S/C11H15NO2/c1-4-9-6-5-7-10(8(2)3)11(9)12(13)14/h5-8H,4H2,1-3H3. The average molecular weight is 193 g/mol. The van der Waals surface area contributed by atoms with Gasteiger partial charge in [-0.25, -0.2) is 0 Å². The van der Waals surface area contributed by atoms with Crippen LogP contribution in [0.5, 0.6) is 0 Å². The van der Waals surface area contributed by atoms with E-state index >= 15 is 0 Å². The first-order chi connectivity index (χ1) is 6.57. The monoisotopic (exact) mass is 193 g/mol. The van der Waals surface area contributed by atoms with Crippen LogP contribution < -0.4 is 0 Å². The summed E-state index contributed by atoms with van der Waals surface area (Å²) in [5, 5.41) is 10.9. The molecule has 0 amide bonds. The summed E-state index contributed by atoms with van der Waals surface area (Å²) in [4.78, 5) is 10.6. The Bertz CT molecular complexity index is 345. The lowest BCUT2D eigenvalue weighted by Gasteiger charge is -2.08. The molecule has 1 aromatic carbocycles. The smallest absolute Gasteiger partial charge is 0.258 e. The molecule has 1 aromatic rings. The van der Waals surface area contributed by atoms with E-state index in [0.29, 0.717) is 12.1 Å². The summed E-state index contributed by atoms with van der Waals surface area (Å²) < 4.78 is 0. The third-order valence-electron chi connectivity index (χ3n) is 2.34. The number of nitro groups is 1. The van der Waals surface area contributed by atoms with Gasteiger partial charge in [-0.3, -0.25) is 10.1 Å². The fourth-order valence-corrected chi connectivity index (χ4v) is 1.59. The highest BCUT2D eigenvalue weighted by Crippen LogP contribution is 2.29. The number of para-hydroxylation sites is 1. The zero-order valence-corrected chi connectivity index (χ0v) is 8.78. The number of nitrogens with zero attached hydrogens (tertiary/aromatic N) is 1. The summed E-state index contributed by atoms with van der Waals surface area (Å²) in [7, 11) is 0. The molecule has 3 heteroatoms. The van der Waals surface area contributed by atoms with Crippen LogP contribution in [-0.4, -0.2) is 4.92 Å². The van der Waals surface area contributed by atoms with E-state index in [2.05, 4.69) is 0 Å². The van der Waals surface area contributed by atoms with E-state index in [-0.39, 0.29) is 10.8 Å². The van der Waals surface area contributed by atoms with Gasteiger partial charge in [0.25, 0.3) is 5.69 Å². The van der Waals surface area contributed by atoms with E-state index < -0.39 is 0 Å². The Kier molecular flexibility index (Phi) is 3.23. The Balaban J connectivity index is 3.35. The molecule has 0 aliphatic rings. The molecule has 1 rings (SSSR count). The molecule has 0 aromatic heterocycles. The van der Waals surface area contributed by atoms with Gasteiger partial charge in [0.05, 0.1) is 4.92 Å². The van der Waals surface area contributed by atoms with Gasteiger partial charge in [0.1, 0.15) is 0 Å². The Morgan fingerprint density at radius 2 is 2.07 bits per heavy atom.